The number of aromatic nitrogens is 1. The molecule has 2 rings (SSSR count). The normalized spacial score (nSPS) is 10.5. The van der Waals surface area contributed by atoms with Crippen molar-refractivity contribution in [2.24, 2.45) is 0 Å². The van der Waals surface area contributed by atoms with E-state index in [-0.39, 0.29) is 5.91 Å². The van der Waals surface area contributed by atoms with E-state index in [1.807, 2.05) is 36.4 Å². The summed E-state index contributed by atoms with van der Waals surface area (Å²) in [5.74, 6) is -0.159. The number of rotatable bonds is 4. The number of nitrogen functional groups attached to an aromatic ring is 1. The molecule has 19 heavy (non-hydrogen) atoms. The molecule has 4 nitrogen and oxygen atoms in total. The van der Waals surface area contributed by atoms with Crippen molar-refractivity contribution in [2.45, 2.75) is 6.54 Å². The lowest BCUT2D eigenvalue weighted by molar-refractivity contribution is -0.116. The molecule has 1 heterocycles. The number of carbonyl (C=O) groups is 1. The summed E-state index contributed by atoms with van der Waals surface area (Å²) >= 11 is 0. The second kappa shape index (κ2) is 6.35. The van der Waals surface area contributed by atoms with E-state index in [4.69, 9.17) is 5.73 Å². The lowest BCUT2D eigenvalue weighted by atomic mass is 10.2. The summed E-state index contributed by atoms with van der Waals surface area (Å²) in [7, 11) is 0. The Labute approximate surface area is 112 Å². The number of amides is 1. The van der Waals surface area contributed by atoms with Crippen LogP contribution in [0.15, 0.2) is 54.7 Å². The van der Waals surface area contributed by atoms with Crippen LogP contribution in [0, 0.1) is 0 Å². The Morgan fingerprint density at radius 3 is 2.89 bits per heavy atom. The first-order valence-corrected chi connectivity index (χ1v) is 5.95. The summed E-state index contributed by atoms with van der Waals surface area (Å²) in [4.78, 5) is 15.7. The zero-order valence-corrected chi connectivity index (χ0v) is 10.4. The van der Waals surface area contributed by atoms with Crippen molar-refractivity contribution in [3.63, 3.8) is 0 Å². The predicted molar refractivity (Wildman–Crippen MR) is 76.0 cm³/mol. The van der Waals surface area contributed by atoms with Gasteiger partial charge in [-0.3, -0.25) is 9.78 Å². The van der Waals surface area contributed by atoms with Crippen molar-refractivity contribution in [1.82, 2.24) is 10.3 Å². The third-order valence-electron chi connectivity index (χ3n) is 2.51. The number of pyridine rings is 1. The van der Waals surface area contributed by atoms with Gasteiger partial charge in [-0.05, 0) is 35.9 Å². The number of nitrogens with two attached hydrogens (primary N) is 1. The first-order valence-electron chi connectivity index (χ1n) is 5.95. The van der Waals surface area contributed by atoms with Crippen LogP contribution in [0.25, 0.3) is 6.08 Å². The Morgan fingerprint density at radius 2 is 2.16 bits per heavy atom. The van der Waals surface area contributed by atoms with Gasteiger partial charge in [-0.15, -0.1) is 0 Å². The molecule has 0 fully saturated rings. The largest absolute Gasteiger partial charge is 0.399 e. The summed E-state index contributed by atoms with van der Waals surface area (Å²) in [6.45, 7) is 0.418. The van der Waals surface area contributed by atoms with E-state index in [0.29, 0.717) is 12.2 Å². The lowest BCUT2D eigenvalue weighted by Gasteiger charge is -2.01. The molecule has 0 aliphatic heterocycles. The molecule has 1 aromatic heterocycles. The topological polar surface area (TPSA) is 68.0 Å². The molecule has 0 unspecified atom stereocenters. The number of hydrogen-bond donors (Lipinski definition) is 2. The van der Waals surface area contributed by atoms with Crippen LogP contribution in [-0.2, 0) is 11.3 Å². The molecule has 0 saturated carbocycles. The van der Waals surface area contributed by atoms with E-state index in [9.17, 15) is 4.79 Å². The van der Waals surface area contributed by atoms with E-state index in [1.54, 1.807) is 18.3 Å². The summed E-state index contributed by atoms with van der Waals surface area (Å²) in [6, 6.07) is 12.9. The van der Waals surface area contributed by atoms with Gasteiger partial charge in [0, 0.05) is 18.0 Å². The molecule has 0 spiro atoms. The Hall–Kier alpha value is -2.62. The minimum absolute atomic E-state index is 0.159. The van der Waals surface area contributed by atoms with Gasteiger partial charge in [0.05, 0.1) is 12.2 Å². The number of anilines is 1. The SMILES string of the molecule is Nc1cccc(/C=C/C(=O)NCc2ccccn2)c1. The average molecular weight is 253 g/mol. The average Bonchev–Trinajstić information content (AvgIpc) is 2.44. The molecular weight excluding hydrogens is 238 g/mol. The van der Waals surface area contributed by atoms with E-state index >= 15 is 0 Å². The molecule has 3 N–H and O–H groups in total. The van der Waals surface area contributed by atoms with Crippen molar-refractivity contribution >= 4 is 17.7 Å². The van der Waals surface area contributed by atoms with Gasteiger partial charge < -0.3 is 11.1 Å². The highest BCUT2D eigenvalue weighted by Crippen LogP contribution is 2.07. The van der Waals surface area contributed by atoms with E-state index in [1.165, 1.54) is 6.08 Å². The minimum Gasteiger partial charge on any atom is -0.399 e. The molecular formula is C15H15N3O. The molecule has 0 aliphatic rings. The summed E-state index contributed by atoms with van der Waals surface area (Å²) < 4.78 is 0. The maximum atomic E-state index is 11.6. The Kier molecular flexibility index (Phi) is 4.29. The standard InChI is InChI=1S/C15H15N3O/c16-13-5-3-4-12(10-13)7-8-15(19)18-11-14-6-1-2-9-17-14/h1-10H,11,16H2,(H,18,19)/b8-7+. The van der Waals surface area contributed by atoms with Crippen LogP contribution in [0.2, 0.25) is 0 Å². The highest BCUT2D eigenvalue weighted by molar-refractivity contribution is 5.91. The quantitative estimate of drug-likeness (QED) is 0.647. The van der Waals surface area contributed by atoms with Crippen LogP contribution in [-0.4, -0.2) is 10.9 Å². The van der Waals surface area contributed by atoms with Gasteiger partial charge in [0.25, 0.3) is 0 Å². The molecule has 2 aromatic rings. The van der Waals surface area contributed by atoms with Gasteiger partial charge in [0.1, 0.15) is 0 Å². The maximum Gasteiger partial charge on any atom is 0.244 e. The molecule has 1 aromatic carbocycles. The van der Waals surface area contributed by atoms with E-state index in [0.717, 1.165) is 11.3 Å². The first-order chi connectivity index (χ1) is 9.24. The van der Waals surface area contributed by atoms with Crippen molar-refractivity contribution in [1.29, 1.82) is 0 Å². The lowest BCUT2D eigenvalue weighted by Crippen LogP contribution is -2.20. The molecule has 0 aliphatic carbocycles. The number of benzene rings is 1. The zero-order valence-electron chi connectivity index (χ0n) is 10.4. The van der Waals surface area contributed by atoms with Crippen LogP contribution in [0.5, 0.6) is 0 Å². The zero-order chi connectivity index (χ0) is 13.5. The molecule has 0 radical (unpaired) electrons. The fourth-order valence-corrected chi connectivity index (χ4v) is 1.57. The van der Waals surface area contributed by atoms with E-state index in [2.05, 4.69) is 10.3 Å². The van der Waals surface area contributed by atoms with Crippen molar-refractivity contribution in [3.05, 3.63) is 66.0 Å². The number of nitrogens with zero attached hydrogens (tertiary/aromatic N) is 1. The second-order valence-corrected chi connectivity index (χ2v) is 4.04. The number of nitrogens with one attached hydrogen (secondary N) is 1. The molecule has 0 atom stereocenters. The van der Waals surface area contributed by atoms with Crippen LogP contribution >= 0.6 is 0 Å². The molecule has 96 valence electrons. The fourth-order valence-electron chi connectivity index (χ4n) is 1.57. The summed E-state index contributed by atoms with van der Waals surface area (Å²) in [6.07, 6.45) is 4.91. The van der Waals surface area contributed by atoms with Gasteiger partial charge in [0.2, 0.25) is 5.91 Å². The van der Waals surface area contributed by atoms with Gasteiger partial charge in [-0.25, -0.2) is 0 Å². The molecule has 0 saturated heterocycles. The summed E-state index contributed by atoms with van der Waals surface area (Å²) in [5, 5.41) is 2.76. The first kappa shape index (κ1) is 12.8. The van der Waals surface area contributed by atoms with Gasteiger partial charge in [-0.2, -0.15) is 0 Å². The Morgan fingerprint density at radius 1 is 1.26 bits per heavy atom. The molecule has 0 bridgehead atoms. The minimum atomic E-state index is -0.159. The fraction of sp³-hybridized carbons (Fsp3) is 0.0667. The summed E-state index contributed by atoms with van der Waals surface area (Å²) in [5.41, 5.74) is 8.06. The highest BCUT2D eigenvalue weighted by Gasteiger charge is 1.97. The van der Waals surface area contributed by atoms with Crippen LogP contribution < -0.4 is 11.1 Å². The Bertz CT molecular complexity index is 579. The number of hydrogen-bond acceptors (Lipinski definition) is 3. The molecule has 4 heteroatoms. The van der Waals surface area contributed by atoms with Gasteiger partial charge in [0.15, 0.2) is 0 Å². The monoisotopic (exact) mass is 253 g/mol. The maximum absolute atomic E-state index is 11.6. The van der Waals surface area contributed by atoms with Crippen LogP contribution in [0.1, 0.15) is 11.3 Å². The van der Waals surface area contributed by atoms with Gasteiger partial charge in [-0.1, -0.05) is 18.2 Å². The third kappa shape index (κ3) is 4.27. The smallest absolute Gasteiger partial charge is 0.244 e. The van der Waals surface area contributed by atoms with E-state index < -0.39 is 0 Å². The predicted octanol–water partition coefficient (Wildman–Crippen LogP) is 1.99. The number of carbonyl (C=O) groups excluding carboxylic acids is 1. The Balaban J connectivity index is 1.88. The highest BCUT2D eigenvalue weighted by atomic mass is 16.1. The third-order valence-corrected chi connectivity index (χ3v) is 2.51. The van der Waals surface area contributed by atoms with Crippen molar-refractivity contribution < 1.29 is 4.79 Å². The molecule has 1 amide bonds. The van der Waals surface area contributed by atoms with Crippen LogP contribution in [0.3, 0.4) is 0 Å². The van der Waals surface area contributed by atoms with Crippen molar-refractivity contribution in [3.8, 4) is 0 Å². The van der Waals surface area contributed by atoms with Crippen LogP contribution in [0.4, 0.5) is 5.69 Å². The second-order valence-electron chi connectivity index (χ2n) is 4.04. The van der Waals surface area contributed by atoms with Gasteiger partial charge >= 0.3 is 0 Å². The van der Waals surface area contributed by atoms with Crippen molar-refractivity contribution in [2.75, 3.05) is 5.73 Å².